The predicted octanol–water partition coefficient (Wildman–Crippen LogP) is 1.14. The molecule has 0 bridgehead atoms. The van der Waals surface area contributed by atoms with E-state index < -0.39 is 16.1 Å². The Balaban J connectivity index is 2.01. The van der Waals surface area contributed by atoms with E-state index in [1.807, 2.05) is 0 Å². The molecule has 1 fully saturated rings. The van der Waals surface area contributed by atoms with Crippen molar-refractivity contribution in [1.29, 1.82) is 0 Å². The van der Waals surface area contributed by atoms with Gasteiger partial charge >= 0.3 is 16.1 Å². The highest BCUT2D eigenvalue weighted by molar-refractivity contribution is 8.15. The molecular formula is C11H11NO5S2. The summed E-state index contributed by atoms with van der Waals surface area (Å²) in [6, 6.07) is 8.57. The van der Waals surface area contributed by atoms with E-state index in [9.17, 15) is 13.2 Å². The molecule has 1 heterocycles. The van der Waals surface area contributed by atoms with E-state index in [4.69, 9.17) is 4.74 Å². The highest BCUT2D eigenvalue weighted by Crippen LogP contribution is 2.14. The van der Waals surface area contributed by atoms with Gasteiger partial charge in [0.15, 0.2) is 0 Å². The van der Waals surface area contributed by atoms with Crippen molar-refractivity contribution in [2.45, 2.75) is 5.75 Å². The van der Waals surface area contributed by atoms with E-state index >= 15 is 0 Å². The van der Waals surface area contributed by atoms with Gasteiger partial charge in [0.1, 0.15) is 12.4 Å². The van der Waals surface area contributed by atoms with Gasteiger partial charge in [-0.3, -0.25) is 4.28 Å². The van der Waals surface area contributed by atoms with Crippen LogP contribution in [0.25, 0.3) is 0 Å². The van der Waals surface area contributed by atoms with Crippen LogP contribution in [0.2, 0.25) is 0 Å². The third kappa shape index (κ3) is 4.25. The van der Waals surface area contributed by atoms with Crippen molar-refractivity contribution in [1.82, 2.24) is 0 Å². The fraction of sp³-hybridized carbons (Fsp3) is 0.273. The molecular weight excluding hydrogens is 290 g/mol. The molecule has 0 radical (unpaired) electrons. The smallest absolute Gasteiger partial charge is 0.367 e. The molecule has 0 N–H and O–H groups in total. The van der Waals surface area contributed by atoms with Crippen molar-refractivity contribution in [3.05, 3.63) is 35.9 Å². The van der Waals surface area contributed by atoms with Crippen molar-refractivity contribution < 1.29 is 22.2 Å². The predicted molar refractivity (Wildman–Crippen MR) is 71.0 cm³/mol. The second-order valence-electron chi connectivity index (χ2n) is 3.64. The second kappa shape index (κ2) is 6.07. The van der Waals surface area contributed by atoms with Crippen LogP contribution in [0.4, 0.5) is 0 Å². The maximum Gasteiger partial charge on any atom is 0.367 e. The average molecular weight is 301 g/mol. The molecule has 0 unspecified atom stereocenters. The summed E-state index contributed by atoms with van der Waals surface area (Å²) in [6.07, 6.45) is 0. The molecule has 0 atom stereocenters. The van der Waals surface area contributed by atoms with E-state index in [0.717, 1.165) is 11.8 Å². The number of carbonyl (C=O) groups excluding carboxylic acids is 1. The number of benzene rings is 1. The lowest BCUT2D eigenvalue weighted by Gasteiger charge is -2.11. The topological polar surface area (TPSA) is 82.0 Å². The highest BCUT2D eigenvalue weighted by Gasteiger charge is 2.22. The zero-order valence-corrected chi connectivity index (χ0v) is 11.4. The van der Waals surface area contributed by atoms with Gasteiger partial charge in [-0.15, -0.1) is 0 Å². The van der Waals surface area contributed by atoms with Crippen LogP contribution in [0, 0.1) is 0 Å². The molecule has 6 nitrogen and oxygen atoms in total. The third-order valence-corrected chi connectivity index (χ3v) is 4.02. The van der Waals surface area contributed by atoms with Gasteiger partial charge in [-0.2, -0.15) is 8.42 Å². The van der Waals surface area contributed by atoms with Crippen molar-refractivity contribution >= 4 is 32.9 Å². The Hall–Kier alpha value is -1.54. The summed E-state index contributed by atoms with van der Waals surface area (Å²) in [5, 5.41) is 3.27. The number of hydrogen-bond donors (Lipinski definition) is 0. The Morgan fingerprint density at radius 3 is 2.74 bits per heavy atom. The summed E-state index contributed by atoms with van der Waals surface area (Å²) >= 11 is 1.10. The van der Waals surface area contributed by atoms with Gasteiger partial charge in [-0.25, -0.2) is 4.79 Å². The Bertz CT molecular complexity index is 582. The lowest BCUT2D eigenvalue weighted by atomic mass is 10.2. The van der Waals surface area contributed by atoms with Gasteiger partial charge in [0.2, 0.25) is 5.04 Å². The molecule has 0 spiro atoms. The van der Waals surface area contributed by atoms with Crippen molar-refractivity contribution in [3.63, 3.8) is 0 Å². The van der Waals surface area contributed by atoms with Gasteiger partial charge in [0, 0.05) is 5.75 Å². The van der Waals surface area contributed by atoms with Crippen LogP contribution < -0.4 is 0 Å². The number of thioether (sulfide) groups is 1. The quantitative estimate of drug-likeness (QED) is 0.612. The number of rotatable bonds is 4. The molecule has 19 heavy (non-hydrogen) atoms. The first-order chi connectivity index (χ1) is 9.07. The number of ether oxygens (including phenoxy) is 1. The monoisotopic (exact) mass is 301 g/mol. The number of nitrogens with zero attached hydrogens (tertiary/aromatic N) is 1. The van der Waals surface area contributed by atoms with Crippen LogP contribution in [-0.2, 0) is 29.7 Å². The summed E-state index contributed by atoms with van der Waals surface area (Å²) in [6.45, 7) is 0.291. The minimum atomic E-state index is -3.87. The zero-order valence-electron chi connectivity index (χ0n) is 9.81. The largest absolute Gasteiger partial charge is 0.460 e. The first-order valence-corrected chi connectivity index (χ1v) is 7.96. The molecule has 1 aromatic carbocycles. The van der Waals surface area contributed by atoms with Gasteiger partial charge in [0.05, 0.1) is 0 Å². The van der Waals surface area contributed by atoms with Gasteiger partial charge in [-0.1, -0.05) is 47.2 Å². The van der Waals surface area contributed by atoms with Crippen LogP contribution in [0.5, 0.6) is 0 Å². The van der Waals surface area contributed by atoms with Gasteiger partial charge in [-0.05, 0) is 5.56 Å². The molecule has 0 saturated carbocycles. The van der Waals surface area contributed by atoms with Crippen LogP contribution >= 0.6 is 11.8 Å². The van der Waals surface area contributed by atoms with Crippen LogP contribution in [0.15, 0.2) is 35.5 Å². The van der Waals surface area contributed by atoms with Crippen molar-refractivity contribution in [2.24, 2.45) is 5.16 Å². The maximum absolute atomic E-state index is 11.7. The number of oxime groups is 1. The van der Waals surface area contributed by atoms with Crippen LogP contribution in [0.1, 0.15) is 5.56 Å². The van der Waals surface area contributed by atoms with Gasteiger partial charge in [0.25, 0.3) is 0 Å². The normalized spacial score (nSPS) is 18.1. The summed E-state index contributed by atoms with van der Waals surface area (Å²) in [5.41, 5.74) is 0.585. The molecule has 0 amide bonds. The lowest BCUT2D eigenvalue weighted by Crippen LogP contribution is -2.23. The molecule has 8 heteroatoms. The SMILES string of the molecule is O=C1OCCSC1=NOS(=O)(=O)Cc1ccccc1. The molecule has 0 aromatic heterocycles. The minimum Gasteiger partial charge on any atom is -0.460 e. The fourth-order valence-electron chi connectivity index (χ4n) is 1.35. The Morgan fingerprint density at radius 2 is 2.05 bits per heavy atom. The van der Waals surface area contributed by atoms with Crippen molar-refractivity contribution in [3.8, 4) is 0 Å². The van der Waals surface area contributed by atoms with Gasteiger partial charge < -0.3 is 4.74 Å². The molecule has 1 aliphatic heterocycles. The molecule has 1 aliphatic rings. The first kappa shape index (κ1) is 13.9. The lowest BCUT2D eigenvalue weighted by molar-refractivity contribution is -0.135. The number of cyclic esters (lactones) is 1. The van der Waals surface area contributed by atoms with Crippen molar-refractivity contribution in [2.75, 3.05) is 12.4 Å². The molecule has 102 valence electrons. The van der Waals surface area contributed by atoms with E-state index in [2.05, 4.69) is 9.44 Å². The second-order valence-corrected chi connectivity index (χ2v) is 6.28. The van der Waals surface area contributed by atoms with Crippen LogP contribution in [0.3, 0.4) is 0 Å². The molecule has 1 aromatic rings. The first-order valence-electron chi connectivity index (χ1n) is 5.40. The van der Waals surface area contributed by atoms with Crippen LogP contribution in [-0.4, -0.2) is 31.8 Å². The third-order valence-electron chi connectivity index (χ3n) is 2.15. The summed E-state index contributed by atoms with van der Waals surface area (Å²) < 4.78 is 32.5. The van der Waals surface area contributed by atoms with E-state index in [0.29, 0.717) is 17.9 Å². The number of hydrogen-bond acceptors (Lipinski definition) is 7. The standard InChI is InChI=1S/C11H11NO5S2/c13-11-10(18-7-6-16-11)12-17-19(14,15)8-9-4-2-1-3-5-9/h1-5H,6-8H2. The van der Waals surface area contributed by atoms with E-state index in [1.165, 1.54) is 0 Å². The number of carbonyl (C=O) groups is 1. The van der Waals surface area contributed by atoms with E-state index in [1.54, 1.807) is 30.3 Å². The average Bonchev–Trinajstić information content (AvgIpc) is 2.38. The zero-order chi connectivity index (χ0) is 13.7. The Labute approximate surface area is 114 Å². The minimum absolute atomic E-state index is 0.0807. The summed E-state index contributed by atoms with van der Waals surface area (Å²) in [7, 11) is -3.87. The summed E-state index contributed by atoms with van der Waals surface area (Å²) in [4.78, 5) is 11.2. The highest BCUT2D eigenvalue weighted by atomic mass is 32.2. The molecule has 1 saturated heterocycles. The summed E-state index contributed by atoms with van der Waals surface area (Å²) in [5.74, 6) is -0.428. The maximum atomic E-state index is 11.7. The van der Waals surface area contributed by atoms with E-state index in [-0.39, 0.29) is 10.8 Å². The fourth-order valence-corrected chi connectivity index (χ4v) is 2.87. The Kier molecular flexibility index (Phi) is 4.43. The Morgan fingerprint density at radius 1 is 1.32 bits per heavy atom. The number of esters is 1. The molecule has 2 rings (SSSR count). The molecule has 0 aliphatic carbocycles.